The lowest BCUT2D eigenvalue weighted by atomic mass is 10.1. The fourth-order valence-electron chi connectivity index (χ4n) is 7.06. The van der Waals surface area contributed by atoms with Gasteiger partial charge < -0.3 is 14.2 Å². The Morgan fingerprint density at radius 3 is 0.884 bits per heavy atom. The van der Waals surface area contributed by atoms with Crippen LogP contribution in [0.4, 0.5) is 0 Å². The van der Waals surface area contributed by atoms with Crippen LogP contribution < -0.4 is 0 Å². The van der Waals surface area contributed by atoms with Crippen molar-refractivity contribution in [3.8, 4) is 0 Å². The van der Waals surface area contributed by atoms with E-state index < -0.39 is 6.10 Å². The summed E-state index contributed by atoms with van der Waals surface area (Å²) in [6.45, 7) is 6.28. The zero-order valence-corrected chi connectivity index (χ0v) is 44.3. The average molecular weight is 953 g/mol. The van der Waals surface area contributed by atoms with Gasteiger partial charge in [0.05, 0.1) is 0 Å². The average Bonchev–Trinajstić information content (AvgIpc) is 3.35. The smallest absolute Gasteiger partial charge is 0.306 e. The fourth-order valence-corrected chi connectivity index (χ4v) is 7.06. The SMILES string of the molecule is CC/C=C\C/C=C\C/C=C\C/C=C\C/C=C\C/C=C\C/C=C\CCCCCCCCCC(=O)OCC(COC(=O)CCCCCCC)OC(=O)CCCCCC/C=C\C/C=C\C/C=C\C/C=C\CC. The first kappa shape index (κ1) is 64.5. The Bertz CT molecular complexity index is 1510. The molecule has 0 spiro atoms. The Balaban J connectivity index is 4.18. The summed E-state index contributed by atoms with van der Waals surface area (Å²) in [4.78, 5) is 37.7. The number of allylic oxidation sites excluding steroid dienone is 22. The van der Waals surface area contributed by atoms with E-state index in [0.29, 0.717) is 19.3 Å². The third-order valence-corrected chi connectivity index (χ3v) is 11.2. The van der Waals surface area contributed by atoms with Crippen LogP contribution >= 0.6 is 0 Å². The second kappa shape index (κ2) is 56.1. The van der Waals surface area contributed by atoms with Gasteiger partial charge in [0.1, 0.15) is 13.2 Å². The van der Waals surface area contributed by atoms with Gasteiger partial charge in [0.25, 0.3) is 0 Å². The van der Waals surface area contributed by atoms with Gasteiger partial charge in [-0.2, -0.15) is 0 Å². The first-order chi connectivity index (χ1) is 34.0. The summed E-state index contributed by atoms with van der Waals surface area (Å²) in [5.41, 5.74) is 0. The van der Waals surface area contributed by atoms with Gasteiger partial charge in [0.2, 0.25) is 0 Å². The highest BCUT2D eigenvalue weighted by Gasteiger charge is 2.19. The van der Waals surface area contributed by atoms with Crippen molar-refractivity contribution in [2.75, 3.05) is 13.2 Å². The summed E-state index contributed by atoms with van der Waals surface area (Å²) < 4.78 is 16.7. The number of esters is 3. The molecule has 0 bridgehead atoms. The highest BCUT2D eigenvalue weighted by atomic mass is 16.6. The van der Waals surface area contributed by atoms with Crippen LogP contribution in [0, 0.1) is 0 Å². The van der Waals surface area contributed by atoms with Crippen LogP contribution in [0.15, 0.2) is 134 Å². The number of ether oxygens (including phenoxy) is 3. The summed E-state index contributed by atoms with van der Waals surface area (Å²) >= 11 is 0. The molecule has 6 nitrogen and oxygen atoms in total. The predicted molar refractivity (Wildman–Crippen MR) is 297 cm³/mol. The molecule has 6 heteroatoms. The van der Waals surface area contributed by atoms with E-state index in [4.69, 9.17) is 14.2 Å². The van der Waals surface area contributed by atoms with Gasteiger partial charge in [-0.1, -0.05) is 225 Å². The van der Waals surface area contributed by atoms with Crippen LogP contribution in [0.1, 0.15) is 226 Å². The molecule has 69 heavy (non-hydrogen) atoms. The molecule has 0 aliphatic carbocycles. The summed E-state index contributed by atoms with van der Waals surface area (Å²) in [5, 5.41) is 0. The fraction of sp³-hybridized carbons (Fsp3) is 0.603. The van der Waals surface area contributed by atoms with Crippen molar-refractivity contribution < 1.29 is 28.6 Å². The van der Waals surface area contributed by atoms with Crippen molar-refractivity contribution in [3.05, 3.63) is 134 Å². The van der Waals surface area contributed by atoms with Crippen LogP contribution in [0.25, 0.3) is 0 Å². The van der Waals surface area contributed by atoms with E-state index in [1.54, 1.807) is 0 Å². The Labute approximate surface area is 424 Å². The maximum atomic E-state index is 12.7. The number of hydrogen-bond acceptors (Lipinski definition) is 6. The lowest BCUT2D eigenvalue weighted by Crippen LogP contribution is -2.30. The summed E-state index contributed by atoms with van der Waals surface area (Å²) in [6.07, 6.45) is 79.1. The lowest BCUT2D eigenvalue weighted by Gasteiger charge is -2.18. The van der Waals surface area contributed by atoms with Gasteiger partial charge in [-0.15, -0.1) is 0 Å². The number of carbonyl (C=O) groups is 3. The van der Waals surface area contributed by atoms with E-state index in [2.05, 4.69) is 154 Å². The van der Waals surface area contributed by atoms with Crippen molar-refractivity contribution in [1.29, 1.82) is 0 Å². The Morgan fingerprint density at radius 2 is 0.565 bits per heavy atom. The molecule has 0 saturated heterocycles. The third kappa shape index (κ3) is 54.4. The van der Waals surface area contributed by atoms with Gasteiger partial charge >= 0.3 is 17.9 Å². The molecule has 0 aromatic rings. The number of hydrogen-bond donors (Lipinski definition) is 0. The van der Waals surface area contributed by atoms with E-state index in [-0.39, 0.29) is 31.1 Å². The van der Waals surface area contributed by atoms with Crippen LogP contribution in [0.5, 0.6) is 0 Å². The highest BCUT2D eigenvalue weighted by molar-refractivity contribution is 5.71. The van der Waals surface area contributed by atoms with Crippen molar-refractivity contribution in [2.45, 2.75) is 232 Å². The first-order valence-corrected chi connectivity index (χ1v) is 27.7. The third-order valence-electron chi connectivity index (χ3n) is 11.2. The Morgan fingerprint density at radius 1 is 0.304 bits per heavy atom. The zero-order valence-electron chi connectivity index (χ0n) is 44.3. The second-order valence-electron chi connectivity index (χ2n) is 17.7. The number of rotatable bonds is 48. The van der Waals surface area contributed by atoms with E-state index in [9.17, 15) is 14.4 Å². The van der Waals surface area contributed by atoms with Gasteiger partial charge in [-0.05, 0) is 116 Å². The molecule has 0 aliphatic rings. The van der Waals surface area contributed by atoms with Crippen molar-refractivity contribution >= 4 is 17.9 Å². The molecule has 0 aromatic heterocycles. The normalized spacial score (nSPS) is 13.1. The van der Waals surface area contributed by atoms with Crippen LogP contribution in [-0.4, -0.2) is 37.2 Å². The molecule has 0 radical (unpaired) electrons. The molecule has 0 aliphatic heterocycles. The summed E-state index contributed by atoms with van der Waals surface area (Å²) in [6, 6.07) is 0. The quantitative estimate of drug-likeness (QED) is 0.0262. The molecule has 0 amide bonds. The minimum absolute atomic E-state index is 0.0963. The highest BCUT2D eigenvalue weighted by Crippen LogP contribution is 2.13. The topological polar surface area (TPSA) is 78.9 Å². The Kier molecular flexibility index (Phi) is 52.5. The van der Waals surface area contributed by atoms with E-state index in [1.165, 1.54) is 25.7 Å². The minimum atomic E-state index is -0.796. The van der Waals surface area contributed by atoms with Gasteiger partial charge in [-0.25, -0.2) is 0 Å². The van der Waals surface area contributed by atoms with E-state index in [1.807, 2.05) is 0 Å². The van der Waals surface area contributed by atoms with E-state index in [0.717, 1.165) is 161 Å². The monoisotopic (exact) mass is 953 g/mol. The molecule has 0 aromatic carbocycles. The van der Waals surface area contributed by atoms with E-state index >= 15 is 0 Å². The summed E-state index contributed by atoms with van der Waals surface area (Å²) in [5.74, 6) is -0.953. The molecule has 0 N–H and O–H groups in total. The lowest BCUT2D eigenvalue weighted by molar-refractivity contribution is -0.167. The largest absolute Gasteiger partial charge is 0.462 e. The summed E-state index contributed by atoms with van der Waals surface area (Å²) in [7, 11) is 0. The minimum Gasteiger partial charge on any atom is -0.462 e. The first-order valence-electron chi connectivity index (χ1n) is 27.7. The van der Waals surface area contributed by atoms with Crippen LogP contribution in [0.2, 0.25) is 0 Å². The van der Waals surface area contributed by atoms with Crippen molar-refractivity contribution in [2.24, 2.45) is 0 Å². The molecular formula is C63H100O6. The zero-order chi connectivity index (χ0) is 50.0. The van der Waals surface area contributed by atoms with Gasteiger partial charge in [0.15, 0.2) is 6.10 Å². The van der Waals surface area contributed by atoms with Crippen LogP contribution in [0.3, 0.4) is 0 Å². The van der Waals surface area contributed by atoms with Gasteiger partial charge in [0, 0.05) is 19.3 Å². The predicted octanol–water partition coefficient (Wildman–Crippen LogP) is 18.6. The molecule has 0 fully saturated rings. The molecule has 1 unspecified atom stereocenters. The standard InChI is InChI=1S/C63H100O6/c1-4-7-10-13-15-17-19-21-23-25-26-27-28-29-30-31-32-33-34-35-36-38-39-41-43-45-47-50-53-56-62(65)68-59-60(58-67-61(64)55-52-49-12-9-6-3)69-63(66)57-54-51-48-46-44-42-40-37-24-22-20-18-16-14-11-8-5-2/h7-8,10-11,15-18,21-24,26-27,29-30,32-33,35-36,40,42,60H,4-6,9,12-14,19-20,25,28,31,34,37-39,41,43-59H2,1-3H3/b10-7-,11-8-,17-15-,18-16-,23-21-,24-22-,27-26-,30-29-,33-32-,36-35-,42-40-. The second-order valence-corrected chi connectivity index (χ2v) is 17.7. The molecular weight excluding hydrogens is 853 g/mol. The van der Waals surface area contributed by atoms with Crippen molar-refractivity contribution in [3.63, 3.8) is 0 Å². The van der Waals surface area contributed by atoms with Crippen LogP contribution in [-0.2, 0) is 28.6 Å². The molecule has 0 heterocycles. The molecule has 0 rings (SSSR count). The maximum absolute atomic E-state index is 12.7. The Hall–Kier alpha value is -4.45. The number of unbranched alkanes of at least 4 members (excludes halogenated alkanes) is 15. The maximum Gasteiger partial charge on any atom is 0.306 e. The molecule has 0 saturated carbocycles. The molecule has 388 valence electrons. The van der Waals surface area contributed by atoms with Gasteiger partial charge in [-0.3, -0.25) is 14.4 Å². The number of carbonyl (C=O) groups excluding carboxylic acids is 3. The van der Waals surface area contributed by atoms with Crippen molar-refractivity contribution in [1.82, 2.24) is 0 Å². The molecule has 1 atom stereocenters.